The van der Waals surface area contributed by atoms with Gasteiger partial charge in [0.05, 0.1) is 24.2 Å². The van der Waals surface area contributed by atoms with Crippen molar-refractivity contribution in [2.75, 3.05) is 26.3 Å². The first-order valence-electron chi connectivity index (χ1n) is 11.9. The summed E-state index contributed by atoms with van der Waals surface area (Å²) >= 11 is 0. The quantitative estimate of drug-likeness (QED) is 0.148. The number of carbonyl (C=O) groups is 3. The molecule has 37 heavy (non-hydrogen) atoms. The summed E-state index contributed by atoms with van der Waals surface area (Å²) in [5, 5.41) is 51.0. The molecule has 1 aromatic carbocycles. The smallest absolute Gasteiger partial charge is 0.255 e. The lowest BCUT2D eigenvalue weighted by Gasteiger charge is -2.51. The topological polar surface area (TPSA) is 212 Å². The van der Waals surface area contributed by atoms with Gasteiger partial charge in [-0.1, -0.05) is 6.07 Å². The fourth-order valence-electron chi connectivity index (χ4n) is 5.84. The van der Waals surface area contributed by atoms with Crippen molar-refractivity contribution >= 4 is 29.6 Å². The van der Waals surface area contributed by atoms with E-state index in [1.165, 1.54) is 11.0 Å². The van der Waals surface area contributed by atoms with Gasteiger partial charge in [0.15, 0.2) is 29.1 Å². The van der Waals surface area contributed by atoms with Gasteiger partial charge in [-0.25, -0.2) is 0 Å². The van der Waals surface area contributed by atoms with Crippen molar-refractivity contribution in [2.45, 2.75) is 42.4 Å². The Labute approximate surface area is 210 Å². The molecule has 196 valence electrons. The van der Waals surface area contributed by atoms with Crippen molar-refractivity contribution in [3.05, 3.63) is 23.8 Å². The first-order valence-corrected chi connectivity index (χ1v) is 11.9. The van der Waals surface area contributed by atoms with Crippen LogP contribution >= 0.6 is 0 Å². The molecule has 0 saturated carbocycles. The van der Waals surface area contributed by atoms with Crippen LogP contribution in [0.4, 0.5) is 0 Å². The molecule has 0 bridgehead atoms. The summed E-state index contributed by atoms with van der Waals surface area (Å²) < 4.78 is 11.1. The molecule has 4 atom stereocenters. The maximum atomic E-state index is 13.3. The Morgan fingerprint density at radius 2 is 1.86 bits per heavy atom. The van der Waals surface area contributed by atoms with Gasteiger partial charge in [-0.05, 0) is 12.1 Å². The predicted octanol–water partition coefficient (Wildman–Crippen LogP) is -3.20. The summed E-state index contributed by atoms with van der Waals surface area (Å²) in [5.74, 6) is -3.86. The summed E-state index contributed by atoms with van der Waals surface area (Å²) in [6.45, 7) is 0.269. The highest BCUT2D eigenvalue weighted by atomic mass is 16.6. The number of fused-ring (bicyclic) bond motifs is 1. The first-order chi connectivity index (χ1) is 17.6. The Hall–Kier alpha value is -4.11. The van der Waals surface area contributed by atoms with Gasteiger partial charge in [0.1, 0.15) is 19.3 Å². The number of nitrogens with one attached hydrogen (secondary N) is 6. The van der Waals surface area contributed by atoms with Crippen LogP contribution in [0.1, 0.15) is 23.2 Å². The van der Waals surface area contributed by atoms with E-state index < -0.39 is 35.5 Å². The van der Waals surface area contributed by atoms with Crippen molar-refractivity contribution < 1.29 is 34.1 Å². The number of imide groups is 1. The highest BCUT2D eigenvalue weighted by Crippen LogP contribution is 2.43. The standard InChI is InChI=1S/C22H26N8O7/c23-19-27-17-11(8-29-14(31)4-5-15(29)32)25-20(24)30-9-13(22(34,35)21(17,30)28-19)26-18(33)10-2-1-3-12-16(10)37-7-6-36-12/h1-3,11,13,17,34-35H,4-9H2,(H2,24,25)(H,26,33)(H3,23,27,28)/t11-,13?,17-,21-/m0/s1. The molecule has 3 amide bonds. The van der Waals surface area contributed by atoms with Gasteiger partial charge in [-0.15, -0.1) is 0 Å². The van der Waals surface area contributed by atoms with E-state index in [9.17, 15) is 24.6 Å². The molecule has 6 rings (SSSR count). The number of carbonyl (C=O) groups excluding carboxylic acids is 3. The van der Waals surface area contributed by atoms with E-state index in [1.807, 2.05) is 0 Å². The molecule has 5 aliphatic rings. The van der Waals surface area contributed by atoms with Crippen LogP contribution in [0.5, 0.6) is 11.5 Å². The number of guanidine groups is 2. The number of hydrogen-bond acceptors (Lipinski definition) is 9. The lowest BCUT2D eigenvalue weighted by atomic mass is 9.84. The largest absolute Gasteiger partial charge is 0.486 e. The van der Waals surface area contributed by atoms with Crippen molar-refractivity contribution in [2.24, 2.45) is 0 Å². The van der Waals surface area contributed by atoms with E-state index in [0.717, 1.165) is 4.90 Å². The molecule has 1 aromatic rings. The number of rotatable bonds is 4. The van der Waals surface area contributed by atoms with Crippen LogP contribution in [0.15, 0.2) is 18.2 Å². The minimum absolute atomic E-state index is 0.0857. The van der Waals surface area contributed by atoms with Crippen LogP contribution in [0.2, 0.25) is 0 Å². The van der Waals surface area contributed by atoms with Gasteiger partial charge < -0.3 is 45.9 Å². The molecule has 8 N–H and O–H groups in total. The lowest BCUT2D eigenvalue weighted by Crippen LogP contribution is -2.81. The Balaban J connectivity index is 1.31. The molecule has 4 fully saturated rings. The molecular weight excluding hydrogens is 488 g/mol. The third-order valence-corrected chi connectivity index (χ3v) is 7.55. The van der Waals surface area contributed by atoms with Crippen LogP contribution in [-0.2, 0) is 9.59 Å². The Bertz CT molecular complexity index is 1220. The number of ether oxygens (including phenoxy) is 2. The molecule has 0 aromatic heterocycles. The van der Waals surface area contributed by atoms with Crippen LogP contribution in [0, 0.1) is 10.8 Å². The SMILES string of the molecule is N=C1N[C@H]2[C@H](CN3C(=O)CCC3=O)NC(=N)N3CC(NC(=O)c4cccc5c4OCCO5)C(O)(O)[C@]23N1. The molecule has 15 heteroatoms. The fourth-order valence-corrected chi connectivity index (χ4v) is 5.84. The van der Waals surface area contributed by atoms with E-state index in [2.05, 4.69) is 21.3 Å². The fraction of sp³-hybridized carbons (Fsp3) is 0.500. The maximum Gasteiger partial charge on any atom is 0.255 e. The maximum absolute atomic E-state index is 13.3. The van der Waals surface area contributed by atoms with Crippen LogP contribution in [0.25, 0.3) is 0 Å². The molecule has 0 aliphatic carbocycles. The van der Waals surface area contributed by atoms with E-state index in [-0.39, 0.29) is 67.6 Å². The lowest BCUT2D eigenvalue weighted by molar-refractivity contribution is -0.232. The minimum atomic E-state index is -2.69. The van der Waals surface area contributed by atoms with Crippen molar-refractivity contribution in [3.63, 3.8) is 0 Å². The average molecular weight is 514 g/mol. The zero-order valence-corrected chi connectivity index (χ0v) is 19.5. The number of nitrogens with zero attached hydrogens (tertiary/aromatic N) is 2. The summed E-state index contributed by atoms with van der Waals surface area (Å²) in [7, 11) is 0. The Morgan fingerprint density at radius 1 is 1.14 bits per heavy atom. The zero-order chi connectivity index (χ0) is 26.1. The second-order valence-corrected chi connectivity index (χ2v) is 9.58. The van der Waals surface area contributed by atoms with Gasteiger partial charge in [0.2, 0.25) is 17.6 Å². The van der Waals surface area contributed by atoms with Crippen molar-refractivity contribution in [1.29, 1.82) is 10.8 Å². The van der Waals surface area contributed by atoms with Gasteiger partial charge >= 0.3 is 0 Å². The van der Waals surface area contributed by atoms with E-state index in [1.54, 1.807) is 12.1 Å². The monoisotopic (exact) mass is 514 g/mol. The molecule has 5 heterocycles. The van der Waals surface area contributed by atoms with E-state index >= 15 is 0 Å². The summed E-state index contributed by atoms with van der Waals surface area (Å²) in [6, 6.07) is 1.71. The molecule has 1 unspecified atom stereocenters. The van der Waals surface area contributed by atoms with E-state index in [0.29, 0.717) is 12.4 Å². The number of benzene rings is 1. The first kappa shape index (κ1) is 23.3. The molecule has 4 saturated heterocycles. The second kappa shape index (κ2) is 7.94. The van der Waals surface area contributed by atoms with Crippen molar-refractivity contribution in [1.82, 2.24) is 31.1 Å². The predicted molar refractivity (Wildman–Crippen MR) is 124 cm³/mol. The Kier molecular flexibility index (Phi) is 5.00. The summed E-state index contributed by atoms with van der Waals surface area (Å²) in [4.78, 5) is 40.1. The van der Waals surface area contributed by atoms with Gasteiger partial charge in [0, 0.05) is 19.4 Å². The third-order valence-electron chi connectivity index (χ3n) is 7.55. The highest BCUT2D eigenvalue weighted by molar-refractivity contribution is 6.02. The Morgan fingerprint density at radius 3 is 2.62 bits per heavy atom. The van der Waals surface area contributed by atoms with E-state index in [4.69, 9.17) is 20.3 Å². The number of likely N-dealkylation sites (tertiary alicyclic amines) is 1. The van der Waals surface area contributed by atoms with Gasteiger partial charge in [0.25, 0.3) is 5.91 Å². The van der Waals surface area contributed by atoms with Gasteiger partial charge in [-0.3, -0.25) is 30.1 Å². The van der Waals surface area contributed by atoms with Crippen molar-refractivity contribution in [3.8, 4) is 11.5 Å². The summed E-state index contributed by atoms with van der Waals surface area (Å²) in [6.07, 6.45) is 0.171. The summed E-state index contributed by atoms with van der Waals surface area (Å²) in [5.41, 5.74) is -1.70. The second-order valence-electron chi connectivity index (χ2n) is 9.58. The normalized spacial score (nSPS) is 31.4. The van der Waals surface area contributed by atoms with Crippen LogP contribution < -0.4 is 30.7 Å². The minimum Gasteiger partial charge on any atom is -0.486 e. The molecule has 5 aliphatic heterocycles. The van der Waals surface area contributed by atoms with Gasteiger partial charge in [-0.2, -0.15) is 0 Å². The molecular formula is C22H26N8O7. The number of aliphatic hydroxyl groups is 2. The molecule has 15 nitrogen and oxygen atoms in total. The average Bonchev–Trinajstić information content (AvgIpc) is 3.46. The van der Waals surface area contributed by atoms with Crippen LogP contribution in [0.3, 0.4) is 0 Å². The molecule has 0 radical (unpaired) electrons. The number of amides is 3. The third kappa shape index (κ3) is 3.23. The number of para-hydroxylation sites is 1. The highest BCUT2D eigenvalue weighted by Gasteiger charge is 2.74. The zero-order valence-electron chi connectivity index (χ0n) is 19.5. The van der Waals surface area contributed by atoms with Crippen LogP contribution in [-0.4, -0.2) is 106 Å². The molecule has 1 spiro atoms. The number of hydrogen-bond donors (Lipinski definition) is 8.